The molecule has 2 heterocycles. The molecule has 1 aliphatic carbocycles. The number of fused-ring (bicyclic) bond motifs is 1. The molecule has 1 aliphatic rings. The van der Waals surface area contributed by atoms with Crippen LogP contribution >= 0.6 is 27.3 Å². The number of aryl methyl sites for hydroxylation is 1. The second-order valence-corrected chi connectivity index (χ2v) is 5.32. The average molecular weight is 284 g/mol. The molecule has 3 rings (SSSR count). The lowest BCUT2D eigenvalue weighted by Crippen LogP contribution is -2.06. The van der Waals surface area contributed by atoms with Crippen LogP contribution in [0.1, 0.15) is 24.2 Å². The Bertz CT molecular complexity index is 489. The van der Waals surface area contributed by atoms with Crippen LogP contribution in [-0.4, -0.2) is 14.5 Å². The molecule has 0 saturated carbocycles. The summed E-state index contributed by atoms with van der Waals surface area (Å²) in [6, 6.07) is 0. The Morgan fingerprint density at radius 1 is 1.33 bits per heavy atom. The van der Waals surface area contributed by atoms with Crippen LogP contribution in [0.15, 0.2) is 16.3 Å². The molecular weight excluding hydrogens is 274 g/mol. The highest BCUT2D eigenvalue weighted by Gasteiger charge is 2.17. The Morgan fingerprint density at radius 3 is 3.00 bits per heavy atom. The first-order valence-corrected chi connectivity index (χ1v) is 6.68. The summed E-state index contributed by atoms with van der Waals surface area (Å²) < 4.78 is 3.03. The summed E-state index contributed by atoms with van der Waals surface area (Å²) in [6.45, 7) is 0. The van der Waals surface area contributed by atoms with Gasteiger partial charge in [-0.15, -0.1) is 11.3 Å². The lowest BCUT2D eigenvalue weighted by Gasteiger charge is -2.11. The standard InChI is InChI=1S/C10H10BrN3S/c11-9-5-15-10(13-9)14-6-12-7-3-1-2-4-8(7)14/h5-6H,1-4H2. The van der Waals surface area contributed by atoms with Crippen LogP contribution < -0.4 is 0 Å². The molecule has 0 spiro atoms. The number of rotatable bonds is 1. The van der Waals surface area contributed by atoms with E-state index in [0.29, 0.717) is 0 Å². The quantitative estimate of drug-likeness (QED) is 0.806. The molecule has 0 aliphatic heterocycles. The van der Waals surface area contributed by atoms with Gasteiger partial charge in [0, 0.05) is 11.1 Å². The van der Waals surface area contributed by atoms with Crippen LogP contribution in [0, 0.1) is 0 Å². The third-order valence-electron chi connectivity index (χ3n) is 2.70. The van der Waals surface area contributed by atoms with Gasteiger partial charge in [-0.3, -0.25) is 4.57 Å². The van der Waals surface area contributed by atoms with Crippen molar-refractivity contribution in [3.63, 3.8) is 0 Å². The number of hydrogen-bond acceptors (Lipinski definition) is 3. The van der Waals surface area contributed by atoms with Crippen molar-refractivity contribution in [2.75, 3.05) is 0 Å². The monoisotopic (exact) mass is 283 g/mol. The molecule has 5 heteroatoms. The number of halogens is 1. The van der Waals surface area contributed by atoms with Gasteiger partial charge in [0.05, 0.1) is 5.69 Å². The highest BCUT2D eigenvalue weighted by atomic mass is 79.9. The molecule has 0 fully saturated rings. The molecule has 2 aromatic heterocycles. The summed E-state index contributed by atoms with van der Waals surface area (Å²) in [5.41, 5.74) is 2.61. The maximum Gasteiger partial charge on any atom is 0.196 e. The van der Waals surface area contributed by atoms with Gasteiger partial charge in [-0.2, -0.15) is 0 Å². The van der Waals surface area contributed by atoms with Crippen LogP contribution in [0.25, 0.3) is 5.13 Å². The number of thiazole rings is 1. The first-order chi connectivity index (χ1) is 7.34. The van der Waals surface area contributed by atoms with E-state index >= 15 is 0 Å². The molecule has 3 nitrogen and oxygen atoms in total. The SMILES string of the molecule is Brc1csc(-n2cnc3c2CCCC3)n1. The summed E-state index contributed by atoms with van der Waals surface area (Å²) in [4.78, 5) is 8.88. The van der Waals surface area contributed by atoms with Gasteiger partial charge in [-0.1, -0.05) is 0 Å². The zero-order valence-corrected chi connectivity index (χ0v) is 10.5. The molecule has 0 bridgehead atoms. The predicted octanol–water partition coefficient (Wildman–Crippen LogP) is 2.97. The van der Waals surface area contributed by atoms with E-state index in [2.05, 4.69) is 30.5 Å². The second kappa shape index (κ2) is 3.72. The highest BCUT2D eigenvalue weighted by Crippen LogP contribution is 2.25. The van der Waals surface area contributed by atoms with Crippen molar-refractivity contribution < 1.29 is 0 Å². The zero-order valence-electron chi connectivity index (χ0n) is 8.11. The Morgan fingerprint density at radius 2 is 2.20 bits per heavy atom. The van der Waals surface area contributed by atoms with Gasteiger partial charge in [-0.05, 0) is 41.6 Å². The molecule has 0 N–H and O–H groups in total. The number of imidazole rings is 1. The fraction of sp³-hybridized carbons (Fsp3) is 0.400. The summed E-state index contributed by atoms with van der Waals surface area (Å²) in [5.74, 6) is 0. The van der Waals surface area contributed by atoms with Crippen LogP contribution in [0.4, 0.5) is 0 Å². The first kappa shape index (κ1) is 9.54. The van der Waals surface area contributed by atoms with Gasteiger partial charge in [-0.25, -0.2) is 9.97 Å². The predicted molar refractivity (Wildman–Crippen MR) is 63.6 cm³/mol. The third-order valence-corrected chi connectivity index (χ3v) is 4.25. The fourth-order valence-electron chi connectivity index (χ4n) is 1.99. The smallest absolute Gasteiger partial charge is 0.196 e. The topological polar surface area (TPSA) is 30.7 Å². The molecule has 2 aromatic rings. The van der Waals surface area contributed by atoms with E-state index in [-0.39, 0.29) is 0 Å². The molecule has 78 valence electrons. The van der Waals surface area contributed by atoms with Crippen LogP contribution in [-0.2, 0) is 12.8 Å². The zero-order chi connectivity index (χ0) is 10.3. The summed E-state index contributed by atoms with van der Waals surface area (Å²) >= 11 is 5.02. The van der Waals surface area contributed by atoms with Gasteiger partial charge in [0.1, 0.15) is 10.9 Å². The van der Waals surface area contributed by atoms with E-state index < -0.39 is 0 Å². The van der Waals surface area contributed by atoms with Gasteiger partial charge in [0.2, 0.25) is 0 Å². The van der Waals surface area contributed by atoms with Crippen molar-refractivity contribution in [2.45, 2.75) is 25.7 Å². The minimum atomic E-state index is 0.903. The van der Waals surface area contributed by atoms with E-state index in [0.717, 1.165) is 22.6 Å². The van der Waals surface area contributed by atoms with Crippen molar-refractivity contribution in [2.24, 2.45) is 0 Å². The van der Waals surface area contributed by atoms with Crippen LogP contribution in [0.3, 0.4) is 0 Å². The van der Waals surface area contributed by atoms with Crippen molar-refractivity contribution in [1.82, 2.24) is 14.5 Å². The van der Waals surface area contributed by atoms with Crippen molar-refractivity contribution in [3.8, 4) is 5.13 Å². The lowest BCUT2D eigenvalue weighted by atomic mass is 10.0. The van der Waals surface area contributed by atoms with Gasteiger partial charge in [0.15, 0.2) is 5.13 Å². The molecule has 0 saturated heterocycles. The fourth-order valence-corrected chi connectivity index (χ4v) is 3.23. The van der Waals surface area contributed by atoms with Gasteiger partial charge in [0.25, 0.3) is 0 Å². The molecule has 0 aromatic carbocycles. The Labute approximate surface area is 100 Å². The third kappa shape index (κ3) is 1.63. The largest absolute Gasteiger partial charge is 0.278 e. The minimum Gasteiger partial charge on any atom is -0.278 e. The molecule has 0 unspecified atom stereocenters. The molecule has 0 amide bonds. The molecule has 0 atom stereocenters. The minimum absolute atomic E-state index is 0.903. The second-order valence-electron chi connectivity index (χ2n) is 3.67. The Balaban J connectivity index is 2.08. The van der Waals surface area contributed by atoms with Crippen LogP contribution in [0.2, 0.25) is 0 Å². The van der Waals surface area contributed by atoms with Gasteiger partial charge >= 0.3 is 0 Å². The highest BCUT2D eigenvalue weighted by molar-refractivity contribution is 9.10. The van der Waals surface area contributed by atoms with E-state index in [1.807, 2.05) is 11.7 Å². The number of hydrogen-bond donors (Lipinski definition) is 0. The summed E-state index contributed by atoms with van der Waals surface area (Å²) in [7, 11) is 0. The first-order valence-electron chi connectivity index (χ1n) is 5.01. The van der Waals surface area contributed by atoms with E-state index in [1.165, 1.54) is 24.2 Å². The van der Waals surface area contributed by atoms with Crippen molar-refractivity contribution in [3.05, 3.63) is 27.7 Å². The lowest BCUT2D eigenvalue weighted by molar-refractivity contribution is 0.655. The normalized spacial score (nSPS) is 15.3. The van der Waals surface area contributed by atoms with Gasteiger partial charge < -0.3 is 0 Å². The van der Waals surface area contributed by atoms with E-state index in [4.69, 9.17) is 0 Å². The summed E-state index contributed by atoms with van der Waals surface area (Å²) in [5, 5.41) is 3.02. The summed E-state index contributed by atoms with van der Waals surface area (Å²) in [6.07, 6.45) is 6.69. The maximum atomic E-state index is 4.46. The molecule has 0 radical (unpaired) electrons. The molecule has 15 heavy (non-hydrogen) atoms. The molecular formula is C10H10BrN3S. The van der Waals surface area contributed by atoms with Crippen LogP contribution in [0.5, 0.6) is 0 Å². The van der Waals surface area contributed by atoms with E-state index in [9.17, 15) is 0 Å². The van der Waals surface area contributed by atoms with Crippen molar-refractivity contribution in [1.29, 1.82) is 0 Å². The Kier molecular flexibility index (Phi) is 2.36. The van der Waals surface area contributed by atoms with E-state index in [1.54, 1.807) is 11.3 Å². The maximum absolute atomic E-state index is 4.46. The van der Waals surface area contributed by atoms with Crippen molar-refractivity contribution >= 4 is 27.3 Å². The number of aromatic nitrogens is 3. The Hall–Kier alpha value is -0.680. The number of nitrogens with zero attached hydrogens (tertiary/aromatic N) is 3. The average Bonchev–Trinajstić information content (AvgIpc) is 2.83.